The summed E-state index contributed by atoms with van der Waals surface area (Å²) in [4.78, 5) is 29.8. The molecule has 4 aliphatic rings. The van der Waals surface area contributed by atoms with Crippen molar-refractivity contribution in [2.45, 2.75) is 76.4 Å². The van der Waals surface area contributed by atoms with Gasteiger partial charge in [-0.1, -0.05) is 0 Å². The standard InChI is InChI=1S/C19H31N3O3/c1-18(2)6-3-16(23)22(18)14-4-8-20(9-5-14)15-11-19(12-15)7-10-21(13-19)17(24)25/h14-15H,3-13H2,1-2H3,(H,24,25). The van der Waals surface area contributed by atoms with E-state index in [0.29, 0.717) is 31.0 Å². The maximum atomic E-state index is 12.3. The molecule has 0 aromatic carbocycles. The summed E-state index contributed by atoms with van der Waals surface area (Å²) in [6, 6.07) is 1.03. The van der Waals surface area contributed by atoms with Crippen molar-refractivity contribution in [1.29, 1.82) is 0 Å². The molecule has 6 nitrogen and oxygen atoms in total. The van der Waals surface area contributed by atoms with Gasteiger partial charge in [0.05, 0.1) is 0 Å². The third-order valence-electron chi connectivity index (χ3n) is 7.30. The third-order valence-corrected chi connectivity index (χ3v) is 7.30. The molecule has 0 atom stereocenters. The highest BCUT2D eigenvalue weighted by molar-refractivity contribution is 5.80. The Kier molecular flexibility index (Phi) is 4.02. The summed E-state index contributed by atoms with van der Waals surface area (Å²) < 4.78 is 0. The lowest BCUT2D eigenvalue weighted by atomic mass is 9.64. The van der Waals surface area contributed by atoms with Crippen LogP contribution in [0.3, 0.4) is 0 Å². The molecule has 140 valence electrons. The maximum absolute atomic E-state index is 12.3. The molecular formula is C19H31N3O3. The van der Waals surface area contributed by atoms with Gasteiger partial charge in [0, 0.05) is 50.2 Å². The Hall–Kier alpha value is -1.30. The fraction of sp³-hybridized carbons (Fsp3) is 0.895. The van der Waals surface area contributed by atoms with Crippen molar-refractivity contribution in [3.63, 3.8) is 0 Å². The van der Waals surface area contributed by atoms with Gasteiger partial charge in [0.1, 0.15) is 0 Å². The Morgan fingerprint density at radius 1 is 1.08 bits per heavy atom. The van der Waals surface area contributed by atoms with E-state index in [1.54, 1.807) is 4.90 Å². The van der Waals surface area contributed by atoms with Crippen LogP contribution in [0.5, 0.6) is 0 Å². The molecular weight excluding hydrogens is 318 g/mol. The van der Waals surface area contributed by atoms with E-state index in [4.69, 9.17) is 5.11 Å². The molecule has 2 amide bonds. The van der Waals surface area contributed by atoms with Crippen LogP contribution in [0.1, 0.15) is 58.8 Å². The summed E-state index contributed by atoms with van der Waals surface area (Å²) in [7, 11) is 0. The van der Waals surface area contributed by atoms with Crippen LogP contribution in [0.4, 0.5) is 4.79 Å². The van der Waals surface area contributed by atoms with Crippen molar-refractivity contribution in [3.8, 4) is 0 Å². The molecule has 0 unspecified atom stereocenters. The summed E-state index contributed by atoms with van der Waals surface area (Å²) in [5, 5.41) is 9.16. The summed E-state index contributed by atoms with van der Waals surface area (Å²) in [5.74, 6) is 0.339. The van der Waals surface area contributed by atoms with Gasteiger partial charge in [-0.3, -0.25) is 4.79 Å². The van der Waals surface area contributed by atoms with Crippen LogP contribution in [-0.2, 0) is 4.79 Å². The van der Waals surface area contributed by atoms with Gasteiger partial charge in [0.25, 0.3) is 0 Å². The minimum absolute atomic E-state index is 0.0224. The molecule has 0 bridgehead atoms. The molecule has 1 aliphatic carbocycles. The summed E-state index contributed by atoms with van der Waals surface area (Å²) in [5.41, 5.74) is 0.279. The minimum Gasteiger partial charge on any atom is -0.465 e. The number of hydrogen-bond acceptors (Lipinski definition) is 3. The van der Waals surface area contributed by atoms with Crippen LogP contribution < -0.4 is 0 Å². The number of rotatable bonds is 2. The fourth-order valence-corrected chi connectivity index (χ4v) is 5.83. The molecule has 0 aromatic heterocycles. The number of nitrogens with zero attached hydrogens (tertiary/aromatic N) is 3. The number of carbonyl (C=O) groups excluding carboxylic acids is 1. The van der Waals surface area contributed by atoms with Gasteiger partial charge in [0.2, 0.25) is 5.91 Å². The molecule has 0 radical (unpaired) electrons. The highest BCUT2D eigenvalue weighted by atomic mass is 16.4. The first kappa shape index (κ1) is 17.1. The van der Waals surface area contributed by atoms with E-state index in [2.05, 4.69) is 23.6 Å². The molecule has 4 fully saturated rings. The zero-order valence-electron chi connectivity index (χ0n) is 15.5. The molecule has 1 saturated carbocycles. The van der Waals surface area contributed by atoms with E-state index in [-0.39, 0.29) is 11.0 Å². The number of piperidine rings is 1. The van der Waals surface area contributed by atoms with Crippen LogP contribution in [0.25, 0.3) is 0 Å². The van der Waals surface area contributed by atoms with Crippen molar-refractivity contribution in [1.82, 2.24) is 14.7 Å². The molecule has 3 heterocycles. The van der Waals surface area contributed by atoms with Gasteiger partial charge in [-0.2, -0.15) is 0 Å². The van der Waals surface area contributed by atoms with Gasteiger partial charge in [-0.05, 0) is 57.8 Å². The Balaban J connectivity index is 1.28. The van der Waals surface area contributed by atoms with Crippen molar-refractivity contribution in [2.24, 2.45) is 5.41 Å². The maximum Gasteiger partial charge on any atom is 0.407 e. The smallest absolute Gasteiger partial charge is 0.407 e. The lowest BCUT2D eigenvalue weighted by Gasteiger charge is -2.52. The monoisotopic (exact) mass is 349 g/mol. The van der Waals surface area contributed by atoms with Crippen LogP contribution in [0, 0.1) is 5.41 Å². The molecule has 4 rings (SSSR count). The molecule has 1 spiro atoms. The fourth-order valence-electron chi connectivity index (χ4n) is 5.83. The first-order chi connectivity index (χ1) is 11.8. The molecule has 6 heteroatoms. The average Bonchev–Trinajstić information content (AvgIpc) is 3.08. The summed E-state index contributed by atoms with van der Waals surface area (Å²) in [6.45, 7) is 7.99. The van der Waals surface area contributed by atoms with Crippen molar-refractivity contribution >= 4 is 12.0 Å². The predicted molar refractivity (Wildman–Crippen MR) is 94.4 cm³/mol. The number of hydrogen-bond donors (Lipinski definition) is 1. The van der Waals surface area contributed by atoms with Crippen molar-refractivity contribution in [2.75, 3.05) is 26.2 Å². The van der Waals surface area contributed by atoms with E-state index in [9.17, 15) is 9.59 Å². The van der Waals surface area contributed by atoms with E-state index in [1.165, 1.54) is 0 Å². The molecule has 0 aromatic rings. The number of amides is 2. The Morgan fingerprint density at radius 3 is 2.28 bits per heavy atom. The van der Waals surface area contributed by atoms with Crippen LogP contribution >= 0.6 is 0 Å². The lowest BCUT2D eigenvalue weighted by molar-refractivity contribution is -0.135. The van der Waals surface area contributed by atoms with Gasteiger partial charge in [-0.25, -0.2) is 4.79 Å². The highest BCUT2D eigenvalue weighted by Gasteiger charge is 2.52. The van der Waals surface area contributed by atoms with E-state index < -0.39 is 6.09 Å². The highest BCUT2D eigenvalue weighted by Crippen LogP contribution is 2.50. The lowest BCUT2D eigenvalue weighted by Crippen LogP contribution is -2.57. The first-order valence-electron chi connectivity index (χ1n) is 9.84. The number of carboxylic acid groups (broad SMARTS) is 1. The van der Waals surface area contributed by atoms with Crippen molar-refractivity contribution in [3.05, 3.63) is 0 Å². The Bertz CT molecular complexity index is 562. The van der Waals surface area contributed by atoms with Gasteiger partial charge < -0.3 is 19.8 Å². The third kappa shape index (κ3) is 2.92. The molecule has 1 N–H and O–H groups in total. The largest absolute Gasteiger partial charge is 0.465 e. The summed E-state index contributed by atoms with van der Waals surface area (Å²) in [6.07, 6.45) is 6.42. The average molecular weight is 349 g/mol. The van der Waals surface area contributed by atoms with E-state index in [1.807, 2.05) is 0 Å². The van der Waals surface area contributed by atoms with Crippen molar-refractivity contribution < 1.29 is 14.7 Å². The normalized spacial score (nSPS) is 36.2. The SMILES string of the molecule is CC1(C)CCC(=O)N1C1CCN(C2CC3(CCN(C(=O)O)C3)C2)CC1. The molecule has 3 aliphatic heterocycles. The second-order valence-corrected chi connectivity index (χ2v) is 9.36. The quantitative estimate of drug-likeness (QED) is 0.831. The van der Waals surface area contributed by atoms with E-state index >= 15 is 0 Å². The zero-order chi connectivity index (χ0) is 17.8. The van der Waals surface area contributed by atoms with Crippen LogP contribution in [-0.4, -0.2) is 75.6 Å². The van der Waals surface area contributed by atoms with E-state index in [0.717, 1.165) is 58.2 Å². The summed E-state index contributed by atoms with van der Waals surface area (Å²) >= 11 is 0. The number of likely N-dealkylation sites (tertiary alicyclic amines) is 3. The second kappa shape index (κ2) is 5.86. The van der Waals surface area contributed by atoms with Gasteiger partial charge >= 0.3 is 6.09 Å². The predicted octanol–water partition coefficient (Wildman–Crippen LogP) is 2.38. The Morgan fingerprint density at radius 2 is 1.76 bits per heavy atom. The first-order valence-corrected chi connectivity index (χ1v) is 9.84. The topological polar surface area (TPSA) is 64.1 Å². The van der Waals surface area contributed by atoms with Crippen LogP contribution in [0.15, 0.2) is 0 Å². The van der Waals surface area contributed by atoms with Crippen LogP contribution in [0.2, 0.25) is 0 Å². The molecule has 3 saturated heterocycles. The zero-order valence-corrected chi connectivity index (χ0v) is 15.5. The number of carbonyl (C=O) groups is 2. The minimum atomic E-state index is -0.765. The second-order valence-electron chi connectivity index (χ2n) is 9.36. The van der Waals surface area contributed by atoms with Gasteiger partial charge in [0.15, 0.2) is 0 Å². The van der Waals surface area contributed by atoms with Gasteiger partial charge in [-0.15, -0.1) is 0 Å². The Labute approximate surface area is 150 Å². The molecule has 25 heavy (non-hydrogen) atoms.